The topological polar surface area (TPSA) is 133 Å². The van der Waals surface area contributed by atoms with Crippen LogP contribution in [0, 0.1) is 5.92 Å². The average Bonchev–Trinajstić information content (AvgIpc) is 3.92. The van der Waals surface area contributed by atoms with Gasteiger partial charge < -0.3 is 14.4 Å². The van der Waals surface area contributed by atoms with Gasteiger partial charge >= 0.3 is 11.9 Å². The number of aryl methyl sites for hydroxylation is 1. The predicted molar refractivity (Wildman–Crippen MR) is 216 cm³/mol. The SMILES string of the molecule is C[C@H](c1cccc(-n2cc3c(C(F)(F)F)cc(CN4CCC(CN5CCN(c6ccc7c(c6)CN(C6CCC(=O)NC6=O)C7=O)CC5)CC4)cn3c2=O)c1)c1nncn1C. The van der Waals surface area contributed by atoms with E-state index in [0.29, 0.717) is 42.2 Å². The van der Waals surface area contributed by atoms with Crippen LogP contribution in [0.2, 0.25) is 0 Å². The van der Waals surface area contributed by atoms with Crippen LogP contribution < -0.4 is 15.9 Å². The Balaban J connectivity index is 0.807. The number of benzene rings is 2. The molecule has 1 unspecified atom stereocenters. The molecule has 3 fully saturated rings. The van der Waals surface area contributed by atoms with Gasteiger partial charge in [0.25, 0.3) is 5.91 Å². The minimum atomic E-state index is -4.66. The number of alkyl halides is 3. The second-order valence-corrected chi connectivity index (χ2v) is 16.7. The molecule has 2 atom stereocenters. The number of aromatic nitrogens is 5. The molecular formula is C43H47F3N10O4. The van der Waals surface area contributed by atoms with E-state index >= 15 is 0 Å². The first-order valence-electron chi connectivity index (χ1n) is 20.6. The summed E-state index contributed by atoms with van der Waals surface area (Å²) >= 11 is 0. The number of halogens is 3. The molecule has 60 heavy (non-hydrogen) atoms. The van der Waals surface area contributed by atoms with Gasteiger partial charge in [0.15, 0.2) is 0 Å². The van der Waals surface area contributed by atoms with Gasteiger partial charge in [0.1, 0.15) is 18.2 Å². The van der Waals surface area contributed by atoms with Crippen molar-refractivity contribution in [1.82, 2.24) is 43.7 Å². The van der Waals surface area contributed by atoms with Crippen molar-refractivity contribution < 1.29 is 27.6 Å². The first kappa shape index (κ1) is 39.6. The van der Waals surface area contributed by atoms with Gasteiger partial charge in [0.2, 0.25) is 11.8 Å². The van der Waals surface area contributed by atoms with Crippen LogP contribution in [0.25, 0.3) is 11.2 Å². The Hall–Kier alpha value is -5.81. The van der Waals surface area contributed by atoms with Crippen molar-refractivity contribution in [1.29, 1.82) is 0 Å². The maximum atomic E-state index is 14.6. The number of hydrogen-bond donors (Lipinski definition) is 1. The molecule has 0 bridgehead atoms. The maximum Gasteiger partial charge on any atom is 0.418 e. The first-order valence-corrected chi connectivity index (χ1v) is 20.6. The second-order valence-electron chi connectivity index (χ2n) is 16.7. The third-order valence-electron chi connectivity index (χ3n) is 12.8. The van der Waals surface area contributed by atoms with Crippen LogP contribution in [0.3, 0.4) is 0 Å². The lowest BCUT2D eigenvalue weighted by molar-refractivity contribution is -0.137. The fraction of sp³-hybridized carbons (Fsp3) is 0.442. The van der Waals surface area contributed by atoms with Crippen molar-refractivity contribution in [3.05, 3.63) is 111 Å². The highest BCUT2D eigenvalue weighted by atomic mass is 19.4. The summed E-state index contributed by atoms with van der Waals surface area (Å²) < 4.78 is 47.9. The molecule has 7 heterocycles. The van der Waals surface area contributed by atoms with E-state index in [0.717, 1.165) is 85.7 Å². The lowest BCUT2D eigenvalue weighted by Crippen LogP contribution is -2.52. The Kier molecular flexibility index (Phi) is 10.3. The molecule has 14 nitrogen and oxygen atoms in total. The summed E-state index contributed by atoms with van der Waals surface area (Å²) in [6.07, 6.45) is 2.18. The van der Waals surface area contributed by atoms with Gasteiger partial charge in [-0.3, -0.25) is 38.5 Å². The second kappa shape index (κ2) is 15.7. The molecule has 2 aromatic carbocycles. The highest BCUT2D eigenvalue weighted by Crippen LogP contribution is 2.35. The molecule has 3 aromatic heterocycles. The molecule has 5 aromatic rings. The molecule has 4 aliphatic heterocycles. The molecule has 0 radical (unpaired) electrons. The van der Waals surface area contributed by atoms with Gasteiger partial charge in [-0.25, -0.2) is 4.79 Å². The van der Waals surface area contributed by atoms with E-state index in [9.17, 15) is 32.3 Å². The van der Waals surface area contributed by atoms with Gasteiger partial charge in [-0.1, -0.05) is 19.1 Å². The fourth-order valence-electron chi connectivity index (χ4n) is 9.42. The van der Waals surface area contributed by atoms with Crippen molar-refractivity contribution in [2.75, 3.05) is 50.7 Å². The zero-order valence-corrected chi connectivity index (χ0v) is 33.6. The maximum absolute atomic E-state index is 14.6. The van der Waals surface area contributed by atoms with Gasteiger partial charge in [0, 0.05) is 88.8 Å². The van der Waals surface area contributed by atoms with E-state index in [1.165, 1.54) is 16.8 Å². The van der Waals surface area contributed by atoms with Gasteiger partial charge in [-0.2, -0.15) is 13.2 Å². The smallest absolute Gasteiger partial charge is 0.369 e. The number of imide groups is 1. The Morgan fingerprint density at radius 1 is 0.883 bits per heavy atom. The number of likely N-dealkylation sites (tertiary alicyclic amines) is 1. The summed E-state index contributed by atoms with van der Waals surface area (Å²) in [5.41, 5.74) is 2.70. The number of imidazole rings is 1. The average molecular weight is 825 g/mol. The molecule has 4 aliphatic rings. The fourth-order valence-corrected chi connectivity index (χ4v) is 9.42. The van der Waals surface area contributed by atoms with Crippen LogP contribution in [0.1, 0.15) is 77.0 Å². The molecular weight excluding hydrogens is 778 g/mol. The van der Waals surface area contributed by atoms with E-state index in [2.05, 4.69) is 36.3 Å². The molecule has 3 saturated heterocycles. The highest BCUT2D eigenvalue weighted by Gasteiger charge is 2.40. The molecule has 0 saturated carbocycles. The lowest BCUT2D eigenvalue weighted by Gasteiger charge is -2.39. The summed E-state index contributed by atoms with van der Waals surface area (Å²) in [5, 5.41) is 10.5. The monoisotopic (exact) mass is 824 g/mol. The third-order valence-corrected chi connectivity index (χ3v) is 12.8. The predicted octanol–water partition coefficient (Wildman–Crippen LogP) is 4.18. The summed E-state index contributed by atoms with van der Waals surface area (Å²) in [6, 6.07) is 13.6. The molecule has 0 spiro atoms. The third kappa shape index (κ3) is 7.59. The number of fused-ring (bicyclic) bond motifs is 2. The normalized spacial score (nSPS) is 20.3. The Morgan fingerprint density at radius 3 is 2.38 bits per heavy atom. The Bertz CT molecular complexity index is 2530. The summed E-state index contributed by atoms with van der Waals surface area (Å²) in [4.78, 5) is 59.6. The minimum Gasteiger partial charge on any atom is -0.369 e. The molecule has 0 aliphatic carbocycles. The van der Waals surface area contributed by atoms with E-state index in [4.69, 9.17) is 0 Å². The largest absolute Gasteiger partial charge is 0.418 e. The van der Waals surface area contributed by atoms with E-state index in [-0.39, 0.29) is 29.7 Å². The highest BCUT2D eigenvalue weighted by molar-refractivity contribution is 6.05. The van der Waals surface area contributed by atoms with Crippen LogP contribution in [0.15, 0.2) is 72.0 Å². The first-order chi connectivity index (χ1) is 28.8. The van der Waals surface area contributed by atoms with Crippen molar-refractivity contribution in [2.45, 2.75) is 63.8 Å². The number of nitrogens with zero attached hydrogens (tertiary/aromatic N) is 9. The number of pyridine rings is 1. The number of nitrogens with one attached hydrogen (secondary N) is 1. The van der Waals surface area contributed by atoms with E-state index in [1.807, 2.05) is 36.7 Å². The number of carbonyl (C=O) groups is 3. The zero-order valence-electron chi connectivity index (χ0n) is 33.6. The molecule has 3 amide bonds. The number of piperidine rings is 2. The van der Waals surface area contributed by atoms with Crippen molar-refractivity contribution in [3.63, 3.8) is 0 Å². The molecule has 9 rings (SSSR count). The van der Waals surface area contributed by atoms with Crippen molar-refractivity contribution >= 4 is 28.9 Å². The van der Waals surface area contributed by atoms with Crippen LogP contribution >= 0.6 is 0 Å². The quantitative estimate of drug-likeness (QED) is 0.218. The minimum absolute atomic E-state index is 0.156. The Morgan fingerprint density at radius 2 is 1.67 bits per heavy atom. The summed E-state index contributed by atoms with van der Waals surface area (Å²) in [6.45, 7) is 8.51. The lowest BCUT2D eigenvalue weighted by atomic mass is 9.95. The summed E-state index contributed by atoms with van der Waals surface area (Å²) in [7, 11) is 1.84. The zero-order chi connectivity index (χ0) is 41.9. The van der Waals surface area contributed by atoms with Gasteiger partial charge in [0.05, 0.1) is 16.8 Å². The van der Waals surface area contributed by atoms with Crippen LogP contribution in [-0.2, 0) is 35.9 Å². The number of anilines is 1. The standard InChI is InChI=1S/C43H47F3N10O4/c1-27(39-49-47-26-50(39)2)30-4-3-5-33(19-30)54-25-37-35(43(44,45)46)18-29(23-56(37)42(54)60)22-51-12-10-28(11-13-51)21-52-14-16-53(17-15-52)32-6-7-34-31(20-32)24-55(41(34)59)36-8-9-38(57)48-40(36)58/h3-7,18-20,23,25-28,36H,8-17,21-22,24H2,1-2H3,(H,48,57,58)/t27-,36?/m1/s1. The Labute approximate surface area is 344 Å². The molecule has 1 N–H and O–H groups in total. The summed E-state index contributed by atoms with van der Waals surface area (Å²) in [5.74, 6) is 0.138. The van der Waals surface area contributed by atoms with E-state index < -0.39 is 29.4 Å². The van der Waals surface area contributed by atoms with Crippen molar-refractivity contribution in [3.8, 4) is 5.69 Å². The van der Waals surface area contributed by atoms with Gasteiger partial charge in [-0.15, -0.1) is 10.2 Å². The van der Waals surface area contributed by atoms with Crippen molar-refractivity contribution in [2.24, 2.45) is 13.0 Å². The number of amides is 3. The molecule has 17 heteroatoms. The number of carbonyl (C=O) groups excluding carboxylic acids is 3. The van der Waals surface area contributed by atoms with Crippen LogP contribution in [-0.4, -0.2) is 108 Å². The number of rotatable bonds is 9. The molecule has 314 valence electrons. The van der Waals surface area contributed by atoms with Crippen LogP contribution in [0.4, 0.5) is 18.9 Å². The van der Waals surface area contributed by atoms with E-state index in [1.54, 1.807) is 35.6 Å². The number of piperazine rings is 1. The van der Waals surface area contributed by atoms with Crippen LogP contribution in [0.5, 0.6) is 0 Å². The van der Waals surface area contributed by atoms with Gasteiger partial charge in [-0.05, 0) is 91.4 Å². The number of hydrogen-bond acceptors (Lipinski definition) is 9.